The maximum Gasteiger partial charge on any atom is 0.305 e. The van der Waals surface area contributed by atoms with Gasteiger partial charge >= 0.3 is 5.97 Å². The number of benzene rings is 1. The molecule has 0 fully saturated rings. The molecular formula is C28H48O2. The summed E-state index contributed by atoms with van der Waals surface area (Å²) < 4.78 is 5.34. The summed E-state index contributed by atoms with van der Waals surface area (Å²) in [5.41, 5.74) is 1.23. The van der Waals surface area contributed by atoms with E-state index in [0.29, 0.717) is 13.0 Å². The minimum absolute atomic E-state index is 0.0353. The van der Waals surface area contributed by atoms with E-state index in [1.165, 1.54) is 102 Å². The zero-order chi connectivity index (χ0) is 21.5. The fourth-order valence-electron chi connectivity index (χ4n) is 3.99. The zero-order valence-corrected chi connectivity index (χ0v) is 19.8. The molecule has 0 saturated heterocycles. The molecule has 0 N–H and O–H groups in total. The molecule has 1 aromatic carbocycles. The van der Waals surface area contributed by atoms with Crippen LogP contribution in [0.4, 0.5) is 0 Å². The Morgan fingerprint density at radius 3 is 1.53 bits per heavy atom. The van der Waals surface area contributed by atoms with E-state index in [1.807, 2.05) is 18.2 Å². The minimum Gasteiger partial charge on any atom is -0.465 e. The predicted molar refractivity (Wildman–Crippen MR) is 130 cm³/mol. The summed E-state index contributed by atoms with van der Waals surface area (Å²) >= 11 is 0. The van der Waals surface area contributed by atoms with E-state index < -0.39 is 0 Å². The van der Waals surface area contributed by atoms with Gasteiger partial charge in [-0.25, -0.2) is 0 Å². The van der Waals surface area contributed by atoms with Gasteiger partial charge in [0.05, 0.1) is 6.61 Å². The molecular weight excluding hydrogens is 368 g/mol. The third-order valence-electron chi connectivity index (χ3n) is 5.98. The van der Waals surface area contributed by atoms with Crippen molar-refractivity contribution in [1.82, 2.24) is 0 Å². The number of esters is 1. The van der Waals surface area contributed by atoms with E-state index in [9.17, 15) is 4.79 Å². The molecule has 2 nitrogen and oxygen atoms in total. The van der Waals surface area contributed by atoms with Gasteiger partial charge in [0.2, 0.25) is 0 Å². The lowest BCUT2D eigenvalue weighted by atomic mass is 10.0. The second-order valence-electron chi connectivity index (χ2n) is 8.86. The number of unbranched alkanes of at least 4 members (excludes halogenated alkanes) is 16. The monoisotopic (exact) mass is 416 g/mol. The summed E-state index contributed by atoms with van der Waals surface area (Å²) in [5, 5.41) is 0. The highest BCUT2D eigenvalue weighted by molar-refractivity contribution is 5.69. The first-order valence-corrected chi connectivity index (χ1v) is 13.0. The average Bonchev–Trinajstić information content (AvgIpc) is 2.76. The van der Waals surface area contributed by atoms with Gasteiger partial charge in [0.15, 0.2) is 0 Å². The summed E-state index contributed by atoms with van der Waals surface area (Å²) in [6, 6.07) is 10.2. The molecule has 0 saturated carbocycles. The number of carbonyl (C=O) groups excluding carboxylic acids is 1. The number of hydrogen-bond donors (Lipinski definition) is 0. The highest BCUT2D eigenvalue weighted by Gasteiger charge is 2.03. The highest BCUT2D eigenvalue weighted by Crippen LogP contribution is 2.14. The average molecular weight is 417 g/mol. The smallest absolute Gasteiger partial charge is 0.305 e. The Labute approximate surface area is 187 Å². The molecule has 0 spiro atoms. The molecule has 0 unspecified atom stereocenters. The van der Waals surface area contributed by atoms with Gasteiger partial charge in [-0.05, 0) is 12.0 Å². The van der Waals surface area contributed by atoms with Gasteiger partial charge in [-0.1, -0.05) is 140 Å². The van der Waals surface area contributed by atoms with Crippen molar-refractivity contribution in [3.63, 3.8) is 0 Å². The third-order valence-corrected chi connectivity index (χ3v) is 5.98. The second-order valence-corrected chi connectivity index (χ2v) is 8.86. The van der Waals surface area contributed by atoms with Crippen molar-refractivity contribution in [1.29, 1.82) is 0 Å². The summed E-state index contributed by atoms with van der Waals surface area (Å²) in [4.78, 5) is 11.8. The van der Waals surface area contributed by atoms with E-state index in [0.717, 1.165) is 19.3 Å². The highest BCUT2D eigenvalue weighted by atomic mass is 16.5. The van der Waals surface area contributed by atoms with Crippen LogP contribution in [0.15, 0.2) is 30.3 Å². The van der Waals surface area contributed by atoms with E-state index >= 15 is 0 Å². The summed E-state index contributed by atoms with van der Waals surface area (Å²) in [6.07, 6.45) is 24.5. The molecule has 172 valence electrons. The largest absolute Gasteiger partial charge is 0.465 e. The van der Waals surface area contributed by atoms with Crippen LogP contribution in [-0.4, -0.2) is 12.6 Å². The lowest BCUT2D eigenvalue weighted by molar-refractivity contribution is -0.143. The maximum atomic E-state index is 11.8. The van der Waals surface area contributed by atoms with Crippen LogP contribution < -0.4 is 0 Å². The zero-order valence-electron chi connectivity index (χ0n) is 19.8. The Morgan fingerprint density at radius 1 is 0.633 bits per heavy atom. The van der Waals surface area contributed by atoms with Crippen molar-refractivity contribution in [2.75, 3.05) is 6.61 Å². The van der Waals surface area contributed by atoms with Crippen LogP contribution in [0.5, 0.6) is 0 Å². The van der Waals surface area contributed by atoms with Crippen molar-refractivity contribution < 1.29 is 9.53 Å². The fourth-order valence-corrected chi connectivity index (χ4v) is 3.99. The molecule has 0 aromatic heterocycles. The van der Waals surface area contributed by atoms with Crippen molar-refractivity contribution in [2.45, 2.75) is 129 Å². The SMILES string of the molecule is CCCCCCCCCCCCCCCCCCCC(=O)OCCc1ccccc1. The molecule has 30 heavy (non-hydrogen) atoms. The maximum absolute atomic E-state index is 11.8. The summed E-state index contributed by atoms with van der Waals surface area (Å²) in [5.74, 6) is -0.0353. The molecule has 0 radical (unpaired) electrons. The van der Waals surface area contributed by atoms with Crippen LogP contribution >= 0.6 is 0 Å². The normalized spacial score (nSPS) is 11.0. The van der Waals surface area contributed by atoms with Gasteiger partial charge in [-0.3, -0.25) is 4.79 Å². The Kier molecular flexibility index (Phi) is 18.7. The summed E-state index contributed by atoms with van der Waals surface area (Å²) in [7, 11) is 0. The molecule has 0 aliphatic rings. The quantitative estimate of drug-likeness (QED) is 0.148. The number of ether oxygens (including phenoxy) is 1. The second kappa shape index (κ2) is 20.9. The first kappa shape index (κ1) is 26.7. The standard InChI is InChI=1S/C28H48O2/c1-2-3-4-5-6-7-8-9-10-11-12-13-14-15-16-17-21-24-28(29)30-26-25-27-22-19-18-20-23-27/h18-20,22-23H,2-17,21,24-26H2,1H3. The van der Waals surface area contributed by atoms with Crippen molar-refractivity contribution in [3.8, 4) is 0 Å². The van der Waals surface area contributed by atoms with Crippen LogP contribution in [0, 0.1) is 0 Å². The Hall–Kier alpha value is -1.31. The number of hydrogen-bond acceptors (Lipinski definition) is 2. The van der Waals surface area contributed by atoms with Crippen molar-refractivity contribution in [3.05, 3.63) is 35.9 Å². The van der Waals surface area contributed by atoms with Gasteiger partial charge < -0.3 is 4.74 Å². The molecule has 2 heteroatoms. The number of carbonyl (C=O) groups is 1. The topological polar surface area (TPSA) is 26.3 Å². The number of rotatable bonds is 21. The van der Waals surface area contributed by atoms with E-state index in [-0.39, 0.29) is 5.97 Å². The lowest BCUT2D eigenvalue weighted by Crippen LogP contribution is -2.07. The first-order chi connectivity index (χ1) is 14.8. The van der Waals surface area contributed by atoms with Gasteiger partial charge in [0, 0.05) is 12.8 Å². The minimum atomic E-state index is -0.0353. The van der Waals surface area contributed by atoms with Crippen LogP contribution in [0.25, 0.3) is 0 Å². The fraction of sp³-hybridized carbons (Fsp3) is 0.750. The third kappa shape index (κ3) is 17.5. The van der Waals surface area contributed by atoms with Crippen LogP contribution in [0.2, 0.25) is 0 Å². The van der Waals surface area contributed by atoms with Gasteiger partial charge in [0.25, 0.3) is 0 Å². The Bertz CT molecular complexity index is 483. The molecule has 0 amide bonds. The van der Waals surface area contributed by atoms with Gasteiger partial charge in [-0.2, -0.15) is 0 Å². The molecule has 0 bridgehead atoms. The van der Waals surface area contributed by atoms with Gasteiger partial charge in [0.1, 0.15) is 0 Å². The van der Waals surface area contributed by atoms with Crippen LogP contribution in [-0.2, 0) is 16.0 Å². The Morgan fingerprint density at radius 2 is 1.07 bits per heavy atom. The van der Waals surface area contributed by atoms with Crippen LogP contribution in [0.1, 0.15) is 128 Å². The lowest BCUT2D eigenvalue weighted by Gasteiger charge is -2.05. The Balaban J connectivity index is 1.73. The molecule has 0 aliphatic heterocycles. The molecule has 0 atom stereocenters. The van der Waals surface area contributed by atoms with Gasteiger partial charge in [-0.15, -0.1) is 0 Å². The molecule has 1 rings (SSSR count). The predicted octanol–water partition coefficient (Wildman–Crippen LogP) is 8.81. The molecule has 0 heterocycles. The first-order valence-electron chi connectivity index (χ1n) is 13.0. The summed E-state index contributed by atoms with van der Waals surface area (Å²) in [6.45, 7) is 2.79. The molecule has 1 aromatic rings. The van der Waals surface area contributed by atoms with E-state index in [2.05, 4.69) is 19.1 Å². The van der Waals surface area contributed by atoms with Crippen molar-refractivity contribution >= 4 is 5.97 Å². The van der Waals surface area contributed by atoms with Crippen molar-refractivity contribution in [2.24, 2.45) is 0 Å². The van der Waals surface area contributed by atoms with Crippen LogP contribution in [0.3, 0.4) is 0 Å². The van der Waals surface area contributed by atoms with E-state index in [1.54, 1.807) is 0 Å². The molecule has 0 aliphatic carbocycles. The van der Waals surface area contributed by atoms with E-state index in [4.69, 9.17) is 4.74 Å².